The van der Waals surface area contributed by atoms with E-state index in [9.17, 15) is 0 Å². The van der Waals surface area contributed by atoms with Gasteiger partial charge in [0.25, 0.3) is 16.5 Å². The van der Waals surface area contributed by atoms with Crippen LogP contribution in [-0.4, -0.2) is 0 Å². The van der Waals surface area contributed by atoms with E-state index in [2.05, 4.69) is 0 Å². The second-order valence-corrected chi connectivity index (χ2v) is 1.34. The van der Waals surface area contributed by atoms with Gasteiger partial charge in [0, 0.05) is 0 Å². The van der Waals surface area contributed by atoms with Crippen LogP contribution in [0.2, 0.25) is 0 Å². The van der Waals surface area contributed by atoms with Gasteiger partial charge in [0.15, 0.2) is 0 Å². The summed E-state index contributed by atoms with van der Waals surface area (Å²) in [5.41, 5.74) is 0. The molecule has 6 nitrogen and oxygen atoms in total. The Morgan fingerprint density at radius 2 is 0.778 bits per heavy atom. The van der Waals surface area contributed by atoms with Crippen LogP contribution in [0.15, 0.2) is 0 Å². The molecule has 0 radical (unpaired) electrons. The minimum atomic E-state index is -3.37. The first-order valence-corrected chi connectivity index (χ1v) is 3.29. The van der Waals surface area contributed by atoms with Gasteiger partial charge in [-0.05, 0) is 0 Å². The van der Waals surface area contributed by atoms with Gasteiger partial charge >= 0.3 is 29.6 Å². The molecule has 0 aromatic heterocycles. The molecule has 0 spiro atoms. The van der Waals surface area contributed by atoms with Crippen molar-refractivity contribution in [3.63, 3.8) is 0 Å². The molecule has 0 aliphatic rings. The van der Waals surface area contributed by atoms with Gasteiger partial charge in [0.2, 0.25) is 0 Å². The maximum Gasteiger partial charge on any atom is 1.00 e. The fraction of sp³-hybridized carbons (Fsp3) is 0. The quantitative estimate of drug-likeness (QED) is 0.270. The first-order chi connectivity index (χ1) is 3.46. The van der Waals surface area contributed by atoms with Crippen molar-refractivity contribution < 1.29 is 58.3 Å². The normalized spacial score (nSPS) is 5.78. The Morgan fingerprint density at radius 3 is 0.778 bits per heavy atom. The van der Waals surface area contributed by atoms with Gasteiger partial charge in [-0.2, -0.15) is 0 Å². The van der Waals surface area contributed by atoms with Crippen LogP contribution >= 0.6 is 16.5 Å². The van der Waals surface area contributed by atoms with Gasteiger partial charge in [-0.1, -0.05) is 9.13 Å². The molecule has 9 heavy (non-hydrogen) atoms. The molecule has 48 valence electrons. The molecule has 0 fully saturated rings. The number of rotatable bonds is 0. The Labute approximate surface area is 74.7 Å². The van der Waals surface area contributed by atoms with Gasteiger partial charge in [0.05, 0.1) is 0 Å². The summed E-state index contributed by atoms with van der Waals surface area (Å²) in [7, 11) is -6.74. The van der Waals surface area contributed by atoms with Crippen LogP contribution in [0, 0.1) is 0 Å². The summed E-state index contributed by atoms with van der Waals surface area (Å²) in [4.78, 5) is 33.9. The third-order valence-corrected chi connectivity index (χ3v) is 0. The van der Waals surface area contributed by atoms with Crippen molar-refractivity contribution in [2.24, 2.45) is 0 Å². The molecule has 0 bridgehead atoms. The van der Waals surface area contributed by atoms with E-state index < -0.39 is 16.5 Å². The smallest absolute Gasteiger partial charge is 0.598 e. The Balaban J connectivity index is -0.0000000720. The summed E-state index contributed by atoms with van der Waals surface area (Å²) in [5.74, 6) is 0. The fourth-order valence-electron chi connectivity index (χ4n) is 0. The van der Waals surface area contributed by atoms with E-state index >= 15 is 0 Å². The molecule has 0 heterocycles. The van der Waals surface area contributed by atoms with Crippen LogP contribution in [-0.2, 0) is 9.13 Å². The molecule has 0 aromatic carbocycles. The monoisotopic (exact) mass is 181 g/mol. The average Bonchev–Trinajstić information content (AvgIpc) is 1.25. The van der Waals surface area contributed by atoms with Crippen LogP contribution in [0.1, 0.15) is 0 Å². The summed E-state index contributed by atoms with van der Waals surface area (Å²) in [6.07, 6.45) is 0. The Hall–Kier alpha value is 1.04. The predicted octanol–water partition coefficient (Wildman–Crippen LogP) is -6.27. The fourth-order valence-corrected chi connectivity index (χ4v) is 0. The standard InChI is InChI=1S/Na.2HO3P/c;2*1-4(2)3/h;2*(H,1,2,3)/q+1;;/p-2. The van der Waals surface area contributed by atoms with Crippen LogP contribution in [0.4, 0.5) is 0 Å². The van der Waals surface area contributed by atoms with Gasteiger partial charge in [-0.3, -0.25) is 0 Å². The van der Waals surface area contributed by atoms with E-state index in [-0.39, 0.29) is 29.6 Å². The summed E-state index contributed by atoms with van der Waals surface area (Å²) in [6, 6.07) is 0. The zero-order valence-corrected chi connectivity index (χ0v) is 8.13. The van der Waals surface area contributed by atoms with E-state index in [1.165, 1.54) is 0 Å². The zero-order valence-electron chi connectivity index (χ0n) is 4.34. The molecule has 9 heteroatoms. The molecule has 0 rings (SSSR count). The predicted molar refractivity (Wildman–Crippen MR) is 15.2 cm³/mol. The maximum atomic E-state index is 8.48. The topological polar surface area (TPSA) is 126 Å². The van der Waals surface area contributed by atoms with E-state index in [4.69, 9.17) is 28.7 Å². The van der Waals surface area contributed by atoms with Crippen LogP contribution in [0.3, 0.4) is 0 Å². The van der Waals surface area contributed by atoms with Gasteiger partial charge < -0.3 is 19.6 Å². The molecule has 0 N–H and O–H groups in total. The molecule has 0 aliphatic carbocycles. The molecular weight excluding hydrogens is 181 g/mol. The van der Waals surface area contributed by atoms with Crippen LogP contribution < -0.4 is 49.1 Å². The van der Waals surface area contributed by atoms with Crippen molar-refractivity contribution in [2.45, 2.75) is 0 Å². The van der Waals surface area contributed by atoms with E-state index in [1.807, 2.05) is 0 Å². The number of hydrogen-bond donors (Lipinski definition) is 0. The molecule has 0 amide bonds. The van der Waals surface area contributed by atoms with Crippen LogP contribution in [0.25, 0.3) is 0 Å². The van der Waals surface area contributed by atoms with E-state index in [0.717, 1.165) is 0 Å². The third kappa shape index (κ3) is 414. The molecule has 0 unspecified atom stereocenters. The van der Waals surface area contributed by atoms with Crippen molar-refractivity contribution in [2.75, 3.05) is 0 Å². The van der Waals surface area contributed by atoms with Gasteiger partial charge in [0.1, 0.15) is 0 Å². The Morgan fingerprint density at radius 1 is 0.778 bits per heavy atom. The molecule has 0 saturated carbocycles. The molecule has 0 aromatic rings. The van der Waals surface area contributed by atoms with Crippen molar-refractivity contribution >= 4 is 16.5 Å². The average molecular weight is 181 g/mol. The van der Waals surface area contributed by atoms with Crippen molar-refractivity contribution in [3.8, 4) is 0 Å². The Kier molecular flexibility index (Phi) is 21.7. The number of hydrogen-bond acceptors (Lipinski definition) is 6. The second-order valence-electron chi connectivity index (χ2n) is 0.447. The third-order valence-electron chi connectivity index (χ3n) is 0. The summed E-state index contributed by atoms with van der Waals surface area (Å²) < 4.78 is 17.0. The van der Waals surface area contributed by atoms with Crippen molar-refractivity contribution in [1.82, 2.24) is 0 Å². The molecule has 0 aliphatic heterocycles. The largest absolute Gasteiger partial charge is 1.00 e. The molecule has 0 atom stereocenters. The van der Waals surface area contributed by atoms with Gasteiger partial charge in [-0.15, -0.1) is 0 Å². The summed E-state index contributed by atoms with van der Waals surface area (Å²) in [6.45, 7) is 0. The first kappa shape index (κ1) is 16.6. The Bertz CT molecular complexity index is 69.1. The van der Waals surface area contributed by atoms with Crippen LogP contribution in [0.5, 0.6) is 0 Å². The zero-order chi connectivity index (χ0) is 7.15. The summed E-state index contributed by atoms with van der Waals surface area (Å²) in [5, 5.41) is 0. The molecular formula is NaO6P2-. The maximum absolute atomic E-state index is 8.48. The molecule has 0 saturated heterocycles. The summed E-state index contributed by atoms with van der Waals surface area (Å²) >= 11 is 0. The minimum Gasteiger partial charge on any atom is -0.598 e. The van der Waals surface area contributed by atoms with E-state index in [1.54, 1.807) is 0 Å². The minimum absolute atomic E-state index is 0. The first-order valence-electron chi connectivity index (χ1n) is 1.10. The van der Waals surface area contributed by atoms with Gasteiger partial charge in [-0.25, -0.2) is 0 Å². The SMILES string of the molecule is O=[P+]([O-])[O-].O=[P+]([O-])[O-].[Na+]. The second kappa shape index (κ2) is 11.8. The van der Waals surface area contributed by atoms with E-state index in [0.29, 0.717) is 0 Å². The van der Waals surface area contributed by atoms with Crippen molar-refractivity contribution in [1.29, 1.82) is 0 Å². The van der Waals surface area contributed by atoms with Crippen molar-refractivity contribution in [3.05, 3.63) is 0 Å².